The third-order valence-corrected chi connectivity index (χ3v) is 12.4. The average molecular weight is 714 g/mol. The van der Waals surface area contributed by atoms with Gasteiger partial charge in [0.1, 0.15) is 0 Å². The molecule has 0 saturated heterocycles. The van der Waals surface area contributed by atoms with Crippen LogP contribution < -0.4 is 9.64 Å². The fourth-order valence-electron chi connectivity index (χ4n) is 10.3. The SMILES string of the molecule is c1ccc2c(c1)Oc1c(ccc3c1-c1ccccc1C31c3ccccc3-n3c4ccccc4c4cccc1c43)N2c1ccc(-c2cccc3cccnc23)cc1. The molecule has 1 aliphatic carbocycles. The van der Waals surface area contributed by atoms with E-state index in [4.69, 9.17) is 9.72 Å². The van der Waals surface area contributed by atoms with E-state index >= 15 is 0 Å². The Morgan fingerprint density at radius 3 is 2.12 bits per heavy atom. The molecule has 0 N–H and O–H groups in total. The lowest BCUT2D eigenvalue weighted by molar-refractivity contribution is 0.478. The number of nitrogens with zero attached hydrogens (tertiary/aromatic N) is 3. The van der Waals surface area contributed by atoms with E-state index in [2.05, 4.69) is 185 Å². The number of fused-ring (bicyclic) bond motifs is 16. The fourth-order valence-corrected chi connectivity index (χ4v) is 10.3. The molecule has 0 bridgehead atoms. The van der Waals surface area contributed by atoms with Gasteiger partial charge in [-0.25, -0.2) is 0 Å². The van der Waals surface area contributed by atoms with E-state index in [1.54, 1.807) is 0 Å². The molecule has 1 spiro atoms. The van der Waals surface area contributed by atoms with Gasteiger partial charge in [0.2, 0.25) is 0 Å². The van der Waals surface area contributed by atoms with Crippen molar-refractivity contribution in [3.8, 4) is 39.4 Å². The molecule has 1 unspecified atom stereocenters. The predicted octanol–water partition coefficient (Wildman–Crippen LogP) is 13.3. The van der Waals surface area contributed by atoms with Crippen LogP contribution in [0.5, 0.6) is 11.5 Å². The Hall–Kier alpha value is -7.43. The van der Waals surface area contributed by atoms with Gasteiger partial charge in [0.25, 0.3) is 0 Å². The van der Waals surface area contributed by atoms with Gasteiger partial charge in [0, 0.05) is 39.2 Å². The molecule has 8 aromatic carbocycles. The Morgan fingerprint density at radius 2 is 1.20 bits per heavy atom. The van der Waals surface area contributed by atoms with Gasteiger partial charge < -0.3 is 14.2 Å². The van der Waals surface area contributed by atoms with Crippen molar-refractivity contribution in [3.05, 3.63) is 210 Å². The lowest BCUT2D eigenvalue weighted by Gasteiger charge is -2.40. The van der Waals surface area contributed by atoms with Crippen LogP contribution in [-0.4, -0.2) is 9.55 Å². The molecule has 2 aromatic heterocycles. The van der Waals surface area contributed by atoms with Crippen LogP contribution in [0.2, 0.25) is 0 Å². The van der Waals surface area contributed by atoms with Crippen molar-refractivity contribution in [2.75, 3.05) is 4.90 Å². The largest absolute Gasteiger partial charge is 0.452 e. The Kier molecular flexibility index (Phi) is 5.80. The Labute approximate surface area is 323 Å². The minimum atomic E-state index is -0.555. The molecule has 3 aliphatic rings. The molecule has 10 aromatic rings. The summed E-state index contributed by atoms with van der Waals surface area (Å²) in [7, 11) is 0. The maximum absolute atomic E-state index is 7.13. The molecule has 13 rings (SSSR count). The molecular formula is C52H31N3O. The second-order valence-electron chi connectivity index (χ2n) is 15.0. The molecule has 260 valence electrons. The van der Waals surface area contributed by atoms with Gasteiger partial charge in [-0.15, -0.1) is 0 Å². The van der Waals surface area contributed by atoms with Crippen LogP contribution in [0.1, 0.15) is 22.3 Å². The normalized spacial score (nSPS) is 15.7. The van der Waals surface area contributed by atoms with Crippen molar-refractivity contribution in [3.63, 3.8) is 0 Å². The minimum absolute atomic E-state index is 0.555. The first-order valence-electron chi connectivity index (χ1n) is 19.2. The number of pyridine rings is 1. The second-order valence-corrected chi connectivity index (χ2v) is 15.0. The van der Waals surface area contributed by atoms with Crippen LogP contribution in [-0.2, 0) is 5.41 Å². The third kappa shape index (κ3) is 3.66. The van der Waals surface area contributed by atoms with Crippen LogP contribution in [0.4, 0.5) is 17.1 Å². The van der Waals surface area contributed by atoms with Crippen LogP contribution in [0.25, 0.3) is 60.6 Å². The number of para-hydroxylation sites is 6. The van der Waals surface area contributed by atoms with Crippen molar-refractivity contribution in [1.29, 1.82) is 0 Å². The van der Waals surface area contributed by atoms with Crippen molar-refractivity contribution >= 4 is 49.8 Å². The van der Waals surface area contributed by atoms with E-state index in [-0.39, 0.29) is 0 Å². The topological polar surface area (TPSA) is 30.3 Å². The number of ether oxygens (including phenoxy) is 1. The van der Waals surface area contributed by atoms with E-state index in [0.717, 1.165) is 56.2 Å². The average Bonchev–Trinajstić information content (AvgIpc) is 3.76. The fraction of sp³-hybridized carbons (Fsp3) is 0.0192. The van der Waals surface area contributed by atoms with E-state index in [1.807, 2.05) is 12.3 Å². The predicted molar refractivity (Wildman–Crippen MR) is 227 cm³/mol. The quantitative estimate of drug-likeness (QED) is 0.179. The minimum Gasteiger partial charge on any atom is -0.452 e. The van der Waals surface area contributed by atoms with Gasteiger partial charge in [-0.05, 0) is 81.9 Å². The number of rotatable bonds is 2. The second kappa shape index (κ2) is 10.8. The molecule has 4 heterocycles. The molecule has 2 aliphatic heterocycles. The first-order chi connectivity index (χ1) is 27.8. The summed E-state index contributed by atoms with van der Waals surface area (Å²) >= 11 is 0. The number of hydrogen-bond acceptors (Lipinski definition) is 3. The van der Waals surface area contributed by atoms with Gasteiger partial charge in [-0.1, -0.05) is 133 Å². The zero-order chi connectivity index (χ0) is 36.5. The van der Waals surface area contributed by atoms with Gasteiger partial charge in [0.15, 0.2) is 11.5 Å². The van der Waals surface area contributed by atoms with Gasteiger partial charge >= 0.3 is 0 Å². The van der Waals surface area contributed by atoms with Gasteiger partial charge in [-0.2, -0.15) is 0 Å². The highest BCUT2D eigenvalue weighted by Crippen LogP contribution is 2.65. The monoisotopic (exact) mass is 713 g/mol. The van der Waals surface area contributed by atoms with E-state index < -0.39 is 5.41 Å². The lowest BCUT2D eigenvalue weighted by Crippen LogP contribution is -2.33. The summed E-state index contributed by atoms with van der Waals surface area (Å²) in [5, 5.41) is 3.68. The van der Waals surface area contributed by atoms with Crippen LogP contribution in [0.15, 0.2) is 188 Å². The van der Waals surface area contributed by atoms with Crippen molar-refractivity contribution in [2.24, 2.45) is 0 Å². The summed E-state index contributed by atoms with van der Waals surface area (Å²) in [6, 6.07) is 66.1. The van der Waals surface area contributed by atoms with Crippen LogP contribution >= 0.6 is 0 Å². The molecular weight excluding hydrogens is 683 g/mol. The maximum Gasteiger partial charge on any atom is 0.159 e. The number of benzene rings is 8. The highest BCUT2D eigenvalue weighted by molar-refractivity contribution is 6.13. The summed E-state index contributed by atoms with van der Waals surface area (Å²) in [4.78, 5) is 7.10. The smallest absolute Gasteiger partial charge is 0.159 e. The summed E-state index contributed by atoms with van der Waals surface area (Å²) in [5.74, 6) is 1.71. The Morgan fingerprint density at radius 1 is 0.482 bits per heavy atom. The summed E-state index contributed by atoms with van der Waals surface area (Å²) in [6.45, 7) is 0. The van der Waals surface area contributed by atoms with Gasteiger partial charge in [-0.3, -0.25) is 4.98 Å². The zero-order valence-electron chi connectivity index (χ0n) is 30.1. The highest BCUT2D eigenvalue weighted by atomic mass is 16.5. The Balaban J connectivity index is 1.07. The number of anilines is 3. The summed E-state index contributed by atoms with van der Waals surface area (Å²) in [5.41, 5.74) is 17.0. The van der Waals surface area contributed by atoms with Gasteiger partial charge in [0.05, 0.1) is 39.0 Å². The number of aromatic nitrogens is 2. The number of hydrogen-bond donors (Lipinski definition) is 0. The van der Waals surface area contributed by atoms with Crippen molar-refractivity contribution in [1.82, 2.24) is 9.55 Å². The zero-order valence-corrected chi connectivity index (χ0v) is 30.1. The van der Waals surface area contributed by atoms with Crippen molar-refractivity contribution in [2.45, 2.75) is 5.41 Å². The standard InChI is InChI=1S/C52H31N3O/c1-3-18-39-38(15-1)48-41(52(39)40-19-4-6-22-44(40)55-43-21-5-2-14-36(43)37-17-10-20-42(52)50(37)55)29-30-46-51(48)56-47-24-8-7-23-45(47)54(46)34-27-25-32(26-28-34)35-16-9-12-33-13-11-31-53-49(33)35/h1-31H. The first kappa shape index (κ1) is 30.0. The molecule has 0 saturated carbocycles. The molecule has 4 nitrogen and oxygen atoms in total. The highest BCUT2D eigenvalue weighted by Gasteiger charge is 2.52. The van der Waals surface area contributed by atoms with Crippen LogP contribution in [0.3, 0.4) is 0 Å². The van der Waals surface area contributed by atoms with E-state index in [0.29, 0.717) is 0 Å². The first-order valence-corrected chi connectivity index (χ1v) is 19.2. The van der Waals surface area contributed by atoms with E-state index in [1.165, 1.54) is 55.3 Å². The summed E-state index contributed by atoms with van der Waals surface area (Å²) < 4.78 is 9.62. The van der Waals surface area contributed by atoms with Crippen LogP contribution in [0, 0.1) is 0 Å². The maximum atomic E-state index is 7.13. The van der Waals surface area contributed by atoms with Crippen molar-refractivity contribution < 1.29 is 4.74 Å². The molecule has 0 radical (unpaired) electrons. The third-order valence-electron chi connectivity index (χ3n) is 12.4. The molecule has 4 heteroatoms. The molecule has 0 amide bonds. The lowest BCUT2D eigenvalue weighted by atomic mass is 9.65. The Bertz CT molecular complexity index is 3300. The summed E-state index contributed by atoms with van der Waals surface area (Å²) in [6.07, 6.45) is 1.87. The molecule has 56 heavy (non-hydrogen) atoms. The molecule has 0 fully saturated rings. The molecule has 1 atom stereocenters. The van der Waals surface area contributed by atoms with E-state index in [9.17, 15) is 0 Å².